The Morgan fingerprint density at radius 1 is 1.27 bits per heavy atom. The number of carbonyl (C=O) groups is 1. The first-order valence-corrected chi connectivity index (χ1v) is 14.7. The smallest absolute Gasteiger partial charge is 0.418 e. The molecule has 3 aliphatic rings. The van der Waals surface area contributed by atoms with Gasteiger partial charge in [-0.25, -0.2) is 11.0 Å². The third-order valence-electron chi connectivity index (χ3n) is 8.64. The molecular formula is C31H37F4N7O2. The third kappa shape index (κ3) is 6.45. The van der Waals surface area contributed by atoms with Gasteiger partial charge in [-0.1, -0.05) is 12.6 Å². The maximum atomic E-state index is 15.1. The molecule has 5 rings (SSSR count). The predicted molar refractivity (Wildman–Crippen MR) is 158 cm³/mol. The SMILES string of the molecule is [C-]#[N+]C[C@H]1CN(c2nc(OCC3(CN(C)C)CC3)nc3c2CC(C)N(c2c(F)cccc2C(F)(F)F)C3)CCN1C(=O)C=C. The monoisotopic (exact) mass is 615 g/mol. The molecule has 0 radical (unpaired) electrons. The van der Waals surface area contributed by atoms with Gasteiger partial charge in [0, 0.05) is 43.2 Å². The number of para-hydroxylation sites is 1. The summed E-state index contributed by atoms with van der Waals surface area (Å²) in [4.78, 5) is 32.7. The topological polar surface area (TPSA) is 69.4 Å². The third-order valence-corrected chi connectivity index (χ3v) is 8.64. The Balaban J connectivity index is 1.53. The van der Waals surface area contributed by atoms with E-state index in [0.717, 1.165) is 43.1 Å². The molecule has 0 spiro atoms. The summed E-state index contributed by atoms with van der Waals surface area (Å²) in [7, 11) is 4.00. The predicted octanol–water partition coefficient (Wildman–Crippen LogP) is 4.43. The van der Waals surface area contributed by atoms with Crippen molar-refractivity contribution in [2.75, 3.05) is 63.2 Å². The van der Waals surface area contributed by atoms with E-state index in [1.807, 2.05) is 19.0 Å². The summed E-state index contributed by atoms with van der Waals surface area (Å²) in [5.41, 5.74) is -0.357. The van der Waals surface area contributed by atoms with E-state index in [-0.39, 0.29) is 36.8 Å². The van der Waals surface area contributed by atoms with Crippen LogP contribution in [-0.2, 0) is 23.9 Å². The van der Waals surface area contributed by atoms with Crippen molar-refractivity contribution in [2.45, 2.75) is 51.0 Å². The fourth-order valence-corrected chi connectivity index (χ4v) is 6.35. The van der Waals surface area contributed by atoms with Gasteiger partial charge in [-0.05, 0) is 58.5 Å². The number of amides is 1. The number of anilines is 2. The summed E-state index contributed by atoms with van der Waals surface area (Å²) in [6, 6.07) is 2.19. The van der Waals surface area contributed by atoms with Crippen molar-refractivity contribution in [3.05, 3.63) is 64.9 Å². The maximum absolute atomic E-state index is 15.1. The molecule has 2 atom stereocenters. The van der Waals surface area contributed by atoms with E-state index in [0.29, 0.717) is 37.8 Å². The molecule has 9 nitrogen and oxygen atoms in total. The van der Waals surface area contributed by atoms with E-state index in [9.17, 15) is 18.0 Å². The lowest BCUT2D eigenvalue weighted by Gasteiger charge is -2.42. The van der Waals surface area contributed by atoms with Crippen molar-refractivity contribution in [2.24, 2.45) is 5.41 Å². The Kier molecular flexibility index (Phi) is 8.75. The van der Waals surface area contributed by atoms with Crippen molar-refractivity contribution in [3.63, 3.8) is 0 Å². The van der Waals surface area contributed by atoms with Crippen LogP contribution in [0.3, 0.4) is 0 Å². The molecule has 2 fully saturated rings. The van der Waals surface area contributed by atoms with Crippen molar-refractivity contribution in [1.29, 1.82) is 0 Å². The number of alkyl halides is 3. The molecule has 2 aromatic rings. The molecule has 1 amide bonds. The van der Waals surface area contributed by atoms with Crippen LogP contribution in [0, 0.1) is 17.8 Å². The number of benzene rings is 1. The lowest BCUT2D eigenvalue weighted by molar-refractivity contribution is -0.137. The highest BCUT2D eigenvalue weighted by Gasteiger charge is 2.45. The zero-order valence-electron chi connectivity index (χ0n) is 25.2. The number of aromatic nitrogens is 2. The summed E-state index contributed by atoms with van der Waals surface area (Å²) in [6.07, 6.45) is -1.24. The number of carbonyl (C=O) groups excluding carboxylic acids is 1. The second-order valence-electron chi connectivity index (χ2n) is 12.3. The molecule has 1 aliphatic carbocycles. The van der Waals surface area contributed by atoms with Gasteiger partial charge in [-0.15, -0.1) is 0 Å². The van der Waals surface area contributed by atoms with Crippen LogP contribution in [-0.4, -0.2) is 91.2 Å². The zero-order chi connectivity index (χ0) is 31.8. The molecule has 1 aromatic heterocycles. The van der Waals surface area contributed by atoms with Gasteiger partial charge < -0.3 is 29.2 Å². The second-order valence-corrected chi connectivity index (χ2v) is 12.3. The van der Waals surface area contributed by atoms with Crippen molar-refractivity contribution >= 4 is 17.4 Å². The van der Waals surface area contributed by atoms with E-state index in [4.69, 9.17) is 16.3 Å². The highest BCUT2D eigenvalue weighted by atomic mass is 19.4. The van der Waals surface area contributed by atoms with E-state index in [1.165, 1.54) is 11.0 Å². The second kappa shape index (κ2) is 12.2. The number of nitrogens with zero attached hydrogens (tertiary/aromatic N) is 7. The van der Waals surface area contributed by atoms with Gasteiger partial charge >= 0.3 is 12.2 Å². The quantitative estimate of drug-likeness (QED) is 0.235. The Bertz CT molecular complexity index is 1450. The number of ether oxygens (including phenoxy) is 1. The van der Waals surface area contributed by atoms with Gasteiger partial charge in [-0.2, -0.15) is 23.1 Å². The molecule has 1 saturated carbocycles. The molecule has 0 bridgehead atoms. The maximum Gasteiger partial charge on any atom is 0.418 e. The molecule has 1 aromatic carbocycles. The number of piperazine rings is 1. The first-order valence-electron chi connectivity index (χ1n) is 14.7. The summed E-state index contributed by atoms with van der Waals surface area (Å²) in [5, 5.41) is 0. The van der Waals surface area contributed by atoms with Crippen LogP contribution in [0.15, 0.2) is 30.9 Å². The summed E-state index contributed by atoms with van der Waals surface area (Å²) >= 11 is 0. The standard InChI is InChI=1S/C31H37F4N7O2/c1-6-26(43)41-13-12-40(16-21(41)15-36-3)28-22-14-20(2)42(27-23(31(33,34)35)8-7-9-24(27)32)17-25(22)37-29(38-28)44-19-30(10-11-30)18-39(4)5/h6-9,20-21H,1,10-19H2,2,4-5H3/t20?,21-/m0/s1. The number of fused-ring (bicyclic) bond motifs is 1. The highest BCUT2D eigenvalue weighted by Crippen LogP contribution is 2.46. The van der Waals surface area contributed by atoms with Crippen molar-refractivity contribution in [1.82, 2.24) is 19.8 Å². The molecule has 1 unspecified atom stereocenters. The lowest BCUT2D eigenvalue weighted by Crippen LogP contribution is -2.56. The number of hydrogen-bond acceptors (Lipinski definition) is 7. The molecule has 236 valence electrons. The first-order chi connectivity index (χ1) is 20.9. The minimum atomic E-state index is -4.74. The average molecular weight is 616 g/mol. The van der Waals surface area contributed by atoms with Gasteiger partial charge in [0.25, 0.3) is 0 Å². The summed E-state index contributed by atoms with van der Waals surface area (Å²) in [5.74, 6) is -0.637. The molecule has 1 saturated heterocycles. The van der Waals surface area contributed by atoms with Gasteiger partial charge in [0.2, 0.25) is 12.5 Å². The molecule has 44 heavy (non-hydrogen) atoms. The number of hydrogen-bond donors (Lipinski definition) is 0. The molecule has 3 heterocycles. The minimum Gasteiger partial charge on any atom is -0.463 e. The zero-order valence-corrected chi connectivity index (χ0v) is 25.2. The van der Waals surface area contributed by atoms with E-state index < -0.39 is 35.3 Å². The van der Waals surface area contributed by atoms with Crippen molar-refractivity contribution < 1.29 is 27.1 Å². The van der Waals surface area contributed by atoms with Gasteiger partial charge in [0.05, 0.1) is 30.1 Å². The molecule has 0 N–H and O–H groups in total. The van der Waals surface area contributed by atoms with Crippen LogP contribution in [0.4, 0.5) is 29.1 Å². The van der Waals surface area contributed by atoms with Gasteiger partial charge in [-0.3, -0.25) is 4.79 Å². The Morgan fingerprint density at radius 2 is 2.02 bits per heavy atom. The van der Waals surface area contributed by atoms with Crippen LogP contribution in [0.25, 0.3) is 4.85 Å². The molecular weight excluding hydrogens is 578 g/mol. The Hall–Kier alpha value is -3.92. The first kappa shape index (κ1) is 31.5. The Labute approximate surface area is 254 Å². The normalized spacial score (nSPS) is 21.1. The van der Waals surface area contributed by atoms with Crippen LogP contribution < -0.4 is 14.5 Å². The number of rotatable bonds is 9. The van der Waals surface area contributed by atoms with Crippen LogP contribution in [0.5, 0.6) is 6.01 Å². The van der Waals surface area contributed by atoms with Crippen LogP contribution >= 0.6 is 0 Å². The van der Waals surface area contributed by atoms with Crippen molar-refractivity contribution in [3.8, 4) is 6.01 Å². The summed E-state index contributed by atoms with van der Waals surface area (Å²) < 4.78 is 63.3. The molecule has 13 heteroatoms. The highest BCUT2D eigenvalue weighted by molar-refractivity contribution is 5.87. The minimum absolute atomic E-state index is 0.0182. The van der Waals surface area contributed by atoms with Crippen LogP contribution in [0.1, 0.15) is 36.6 Å². The molecule has 2 aliphatic heterocycles. The fourth-order valence-electron chi connectivity index (χ4n) is 6.35. The van der Waals surface area contributed by atoms with Gasteiger partial charge in [0.15, 0.2) is 0 Å². The largest absolute Gasteiger partial charge is 0.463 e. The van der Waals surface area contributed by atoms with Gasteiger partial charge in [0.1, 0.15) is 17.7 Å². The Morgan fingerprint density at radius 3 is 2.66 bits per heavy atom. The van der Waals surface area contributed by atoms with E-state index in [2.05, 4.69) is 21.3 Å². The van der Waals surface area contributed by atoms with E-state index in [1.54, 1.807) is 11.8 Å². The fraction of sp³-hybridized carbons (Fsp3) is 0.548. The lowest BCUT2D eigenvalue weighted by atomic mass is 9.96. The summed E-state index contributed by atoms with van der Waals surface area (Å²) in [6.45, 7) is 15.1. The van der Waals surface area contributed by atoms with Crippen LogP contribution in [0.2, 0.25) is 0 Å². The van der Waals surface area contributed by atoms with E-state index >= 15 is 4.39 Å². The number of halogens is 4. The average Bonchev–Trinajstić information content (AvgIpc) is 3.73.